The van der Waals surface area contributed by atoms with Gasteiger partial charge in [0.15, 0.2) is 5.96 Å². The molecule has 22 heavy (non-hydrogen) atoms. The summed E-state index contributed by atoms with van der Waals surface area (Å²) in [5.41, 5.74) is 0.372. The molecule has 0 bridgehead atoms. The number of nitrogens with one attached hydrogen (secondary N) is 2. The van der Waals surface area contributed by atoms with E-state index < -0.39 is 0 Å². The topological polar surface area (TPSA) is 45.7 Å². The number of hydrogen-bond acceptors (Lipinski definition) is 3. The van der Waals surface area contributed by atoms with Crippen LogP contribution in [0.5, 0.6) is 0 Å². The minimum absolute atomic E-state index is 0.372. The molecule has 5 heteroatoms. The number of methoxy groups -OCH3 is 1. The van der Waals surface area contributed by atoms with Crippen molar-refractivity contribution in [2.24, 2.45) is 10.4 Å². The summed E-state index contributed by atoms with van der Waals surface area (Å²) in [7, 11) is 1.80. The average Bonchev–Trinajstić information content (AvgIpc) is 2.99. The molecule has 0 amide bonds. The summed E-state index contributed by atoms with van der Waals surface area (Å²) in [5.74, 6) is 2.23. The number of thioether (sulfide) groups is 1. The highest BCUT2D eigenvalue weighted by Crippen LogP contribution is 2.41. The molecule has 4 nitrogen and oxygen atoms in total. The fourth-order valence-corrected chi connectivity index (χ4v) is 3.59. The second-order valence-electron chi connectivity index (χ2n) is 6.27. The molecule has 1 aliphatic rings. The lowest BCUT2D eigenvalue weighted by atomic mass is 9.83. The highest BCUT2D eigenvalue weighted by atomic mass is 32.2. The van der Waals surface area contributed by atoms with E-state index in [0.29, 0.717) is 5.41 Å². The molecule has 0 atom stereocenters. The van der Waals surface area contributed by atoms with Crippen LogP contribution in [0.25, 0.3) is 0 Å². The first-order chi connectivity index (χ1) is 10.8. The van der Waals surface area contributed by atoms with Crippen LogP contribution in [0.4, 0.5) is 0 Å². The molecule has 130 valence electrons. The Balaban J connectivity index is 2.44. The van der Waals surface area contributed by atoms with Gasteiger partial charge in [0.25, 0.3) is 0 Å². The highest BCUT2D eigenvalue weighted by Gasteiger charge is 2.33. The lowest BCUT2D eigenvalue weighted by Gasteiger charge is -2.27. The van der Waals surface area contributed by atoms with E-state index in [-0.39, 0.29) is 0 Å². The summed E-state index contributed by atoms with van der Waals surface area (Å²) in [6, 6.07) is 0. The van der Waals surface area contributed by atoms with Crippen LogP contribution in [0.15, 0.2) is 4.99 Å². The van der Waals surface area contributed by atoms with Gasteiger partial charge in [0.05, 0.1) is 0 Å². The predicted octanol–water partition coefficient (Wildman–Crippen LogP) is 3.28. The second-order valence-corrected chi connectivity index (χ2v) is 7.26. The Bertz CT molecular complexity index is 304. The van der Waals surface area contributed by atoms with E-state index in [1.54, 1.807) is 7.11 Å². The summed E-state index contributed by atoms with van der Waals surface area (Å²) in [6.45, 7) is 5.84. The lowest BCUT2D eigenvalue weighted by molar-refractivity contribution is 0.141. The Morgan fingerprint density at radius 2 is 2.00 bits per heavy atom. The zero-order valence-electron chi connectivity index (χ0n) is 14.7. The maximum absolute atomic E-state index is 5.30. The van der Waals surface area contributed by atoms with Crippen LogP contribution in [0.3, 0.4) is 0 Å². The van der Waals surface area contributed by atoms with Crippen LogP contribution in [-0.4, -0.2) is 51.3 Å². The van der Waals surface area contributed by atoms with Gasteiger partial charge in [-0.2, -0.15) is 11.8 Å². The first kappa shape index (κ1) is 19.6. The van der Waals surface area contributed by atoms with Crippen LogP contribution in [0, 0.1) is 5.41 Å². The Kier molecular flexibility index (Phi) is 10.8. The van der Waals surface area contributed by atoms with Crippen molar-refractivity contribution in [3.8, 4) is 0 Å². The Morgan fingerprint density at radius 1 is 1.23 bits per heavy atom. The molecule has 0 aromatic heterocycles. The van der Waals surface area contributed by atoms with Crippen molar-refractivity contribution < 1.29 is 4.74 Å². The standard InChI is InChI=1S/C17H35N3OS/c1-4-18-16(19-12-7-8-14-22-3)20-15-17(11-13-21-2)9-5-6-10-17/h4-15H2,1-3H3,(H2,18,19,20). The number of unbranched alkanes of at least 4 members (excludes halogenated alkanes) is 1. The first-order valence-corrected chi connectivity index (χ1v) is 10.2. The van der Waals surface area contributed by atoms with Crippen LogP contribution < -0.4 is 10.6 Å². The quantitative estimate of drug-likeness (QED) is 0.347. The molecular formula is C17H35N3OS. The maximum Gasteiger partial charge on any atom is 0.191 e. The smallest absolute Gasteiger partial charge is 0.191 e. The molecule has 0 saturated heterocycles. The number of hydrogen-bond donors (Lipinski definition) is 2. The van der Waals surface area contributed by atoms with Gasteiger partial charge < -0.3 is 15.4 Å². The number of aliphatic imine (C=N–C) groups is 1. The van der Waals surface area contributed by atoms with Gasteiger partial charge in [0, 0.05) is 33.4 Å². The van der Waals surface area contributed by atoms with Crippen molar-refractivity contribution in [1.82, 2.24) is 10.6 Å². The third-order valence-corrected chi connectivity index (χ3v) is 5.18. The van der Waals surface area contributed by atoms with E-state index in [9.17, 15) is 0 Å². The maximum atomic E-state index is 5.30. The summed E-state index contributed by atoms with van der Waals surface area (Å²) in [5, 5.41) is 6.85. The predicted molar refractivity (Wildman–Crippen MR) is 99.0 cm³/mol. The van der Waals surface area contributed by atoms with E-state index in [4.69, 9.17) is 9.73 Å². The van der Waals surface area contributed by atoms with Gasteiger partial charge in [-0.25, -0.2) is 0 Å². The Hall–Kier alpha value is -0.420. The van der Waals surface area contributed by atoms with Crippen LogP contribution in [0.2, 0.25) is 0 Å². The van der Waals surface area contributed by atoms with E-state index in [1.807, 2.05) is 11.8 Å². The SMILES string of the molecule is CCNC(=NCC1(CCOC)CCCC1)NCCCCSC. The molecule has 0 aliphatic heterocycles. The fourth-order valence-electron chi connectivity index (χ4n) is 3.10. The Labute approximate surface area is 141 Å². The molecular weight excluding hydrogens is 294 g/mol. The van der Waals surface area contributed by atoms with Crippen LogP contribution >= 0.6 is 11.8 Å². The summed E-state index contributed by atoms with van der Waals surface area (Å²) in [4.78, 5) is 4.87. The van der Waals surface area contributed by atoms with E-state index in [0.717, 1.165) is 38.6 Å². The second kappa shape index (κ2) is 12.1. The van der Waals surface area contributed by atoms with Crippen molar-refractivity contribution in [2.45, 2.75) is 51.9 Å². The summed E-state index contributed by atoms with van der Waals surface area (Å²) < 4.78 is 5.30. The molecule has 0 unspecified atom stereocenters. The number of nitrogens with zero attached hydrogens (tertiary/aromatic N) is 1. The molecule has 0 aromatic rings. The average molecular weight is 330 g/mol. The monoisotopic (exact) mass is 329 g/mol. The van der Waals surface area contributed by atoms with Gasteiger partial charge in [-0.1, -0.05) is 12.8 Å². The normalized spacial score (nSPS) is 17.7. The minimum atomic E-state index is 0.372. The minimum Gasteiger partial charge on any atom is -0.385 e. The van der Waals surface area contributed by atoms with Gasteiger partial charge in [-0.15, -0.1) is 0 Å². The van der Waals surface area contributed by atoms with E-state index in [1.165, 1.54) is 44.3 Å². The molecule has 1 fully saturated rings. The third-order valence-electron chi connectivity index (χ3n) is 4.49. The van der Waals surface area contributed by atoms with Gasteiger partial charge in [0.2, 0.25) is 0 Å². The summed E-state index contributed by atoms with van der Waals surface area (Å²) in [6.07, 6.45) is 11.1. The fraction of sp³-hybridized carbons (Fsp3) is 0.941. The van der Waals surface area contributed by atoms with E-state index >= 15 is 0 Å². The summed E-state index contributed by atoms with van der Waals surface area (Å²) >= 11 is 1.92. The largest absolute Gasteiger partial charge is 0.385 e. The van der Waals surface area contributed by atoms with Crippen molar-refractivity contribution in [2.75, 3.05) is 45.4 Å². The number of rotatable bonds is 11. The van der Waals surface area contributed by atoms with Crippen molar-refractivity contribution >= 4 is 17.7 Å². The highest BCUT2D eigenvalue weighted by molar-refractivity contribution is 7.98. The Morgan fingerprint density at radius 3 is 2.64 bits per heavy atom. The van der Waals surface area contributed by atoms with Gasteiger partial charge in [-0.05, 0) is 56.5 Å². The van der Waals surface area contributed by atoms with Gasteiger partial charge >= 0.3 is 0 Å². The van der Waals surface area contributed by atoms with Crippen molar-refractivity contribution in [3.63, 3.8) is 0 Å². The molecule has 2 N–H and O–H groups in total. The first-order valence-electron chi connectivity index (χ1n) is 8.76. The van der Waals surface area contributed by atoms with Crippen LogP contribution in [-0.2, 0) is 4.74 Å². The molecule has 1 rings (SSSR count). The molecule has 0 heterocycles. The van der Waals surface area contributed by atoms with Crippen molar-refractivity contribution in [3.05, 3.63) is 0 Å². The molecule has 1 aliphatic carbocycles. The number of guanidine groups is 1. The van der Waals surface area contributed by atoms with Gasteiger partial charge in [-0.3, -0.25) is 4.99 Å². The zero-order valence-corrected chi connectivity index (χ0v) is 15.6. The molecule has 0 radical (unpaired) electrons. The van der Waals surface area contributed by atoms with Crippen LogP contribution in [0.1, 0.15) is 51.9 Å². The third kappa shape index (κ3) is 7.73. The van der Waals surface area contributed by atoms with Crippen molar-refractivity contribution in [1.29, 1.82) is 0 Å². The number of ether oxygens (including phenoxy) is 1. The molecule has 1 saturated carbocycles. The van der Waals surface area contributed by atoms with E-state index in [2.05, 4.69) is 23.8 Å². The van der Waals surface area contributed by atoms with Gasteiger partial charge in [0.1, 0.15) is 0 Å². The lowest BCUT2D eigenvalue weighted by Crippen LogP contribution is -2.39. The zero-order chi connectivity index (χ0) is 16.1. The molecule has 0 aromatic carbocycles. The molecule has 0 spiro atoms.